The van der Waals surface area contributed by atoms with Gasteiger partial charge in [-0.2, -0.15) is 0 Å². The van der Waals surface area contributed by atoms with Crippen molar-refractivity contribution in [2.24, 2.45) is 62.7 Å². The maximum absolute atomic E-state index is 10.5. The van der Waals surface area contributed by atoms with Crippen LogP contribution in [0.25, 0.3) is 0 Å². The van der Waals surface area contributed by atoms with Crippen molar-refractivity contribution < 1.29 is 390 Å². The number of hydrogen-bond acceptors (Lipinski definition) is 18. The topological polar surface area (TPSA) is 293 Å². The smallest absolute Gasteiger partial charge is 0.104 e. The number of aliphatic hydroxyl groups is 9. The first-order valence-electron chi connectivity index (χ1n) is 44.0. The van der Waals surface area contributed by atoms with Crippen molar-refractivity contribution in [1.29, 1.82) is 0 Å². The zero-order valence-electron chi connectivity index (χ0n) is 84.5. The molecule has 0 heterocycles. The molecule has 0 aliphatic heterocycles. The number of aliphatic imine (C=N–C) groups is 9. The van der Waals surface area contributed by atoms with Gasteiger partial charge in [0.15, 0.2) is 0 Å². The van der Waals surface area contributed by atoms with Crippen LogP contribution in [0.2, 0.25) is 0 Å². The summed E-state index contributed by atoms with van der Waals surface area (Å²) in [5.41, 5.74) is 1.67. The van der Waals surface area contributed by atoms with Crippen LogP contribution >= 0.6 is 0 Å². The van der Waals surface area contributed by atoms with Gasteiger partial charge in [0.1, 0.15) is 33.6 Å². The molecule has 0 radical (unpaired) electrons. The van der Waals surface area contributed by atoms with Crippen LogP contribution in [-0.4, -0.2) is 207 Å². The number of hydrogen-bond donors (Lipinski definition) is 9. The first kappa shape index (κ1) is 171. The Morgan fingerprint density at radius 1 is 0.217 bits per heavy atom. The molecule has 756 valence electrons. The van der Waals surface area contributed by atoms with Crippen molar-refractivity contribution in [2.75, 3.05) is 40.8 Å². The van der Waals surface area contributed by atoms with E-state index in [0.717, 1.165) is 225 Å². The third-order valence-corrected chi connectivity index (χ3v) is 20.7. The van der Waals surface area contributed by atoms with Crippen molar-refractivity contribution in [1.82, 2.24) is 0 Å². The van der Waals surface area contributed by atoms with Gasteiger partial charge in [0.25, 0.3) is 0 Å². The van der Waals surface area contributed by atoms with Crippen molar-refractivity contribution >= 4 is 51.4 Å². The Balaban J connectivity index is -0.0000000605. The fraction of sp³-hybridized carbons (Fsp3) is 0.903. The molecule has 6 atom stereocenters. The van der Waals surface area contributed by atoms with Gasteiger partial charge in [0.05, 0.1) is 16.8 Å². The number of nitrogens with zero attached hydrogens (tertiary/aromatic N) is 9. The van der Waals surface area contributed by atoms with Gasteiger partial charge in [-0.3, -0.25) is 44.9 Å². The van der Waals surface area contributed by atoms with Crippen molar-refractivity contribution in [2.45, 2.75) is 493 Å². The van der Waals surface area contributed by atoms with E-state index in [2.05, 4.69) is 142 Å². The van der Waals surface area contributed by atoms with E-state index < -0.39 is 50.4 Å². The zero-order chi connectivity index (χ0) is 89.6. The Kier molecular flexibility index (Phi) is 140. The summed E-state index contributed by atoms with van der Waals surface area (Å²) in [5.74, 6) is 0.703. The van der Waals surface area contributed by atoms with E-state index in [0.29, 0.717) is 0 Å². The van der Waals surface area contributed by atoms with E-state index >= 15 is 0 Å². The molecule has 0 rings (SSSR count). The third kappa shape index (κ3) is 82.1. The zero-order valence-corrected chi connectivity index (χ0v) is 103. The summed E-state index contributed by atoms with van der Waals surface area (Å²) in [6.45, 7) is 80.4. The van der Waals surface area contributed by atoms with Gasteiger partial charge in [0, 0.05) is 454 Å². The molecule has 0 aliphatic rings. The molecule has 27 heteroatoms. The molecule has 0 bridgehead atoms. The Hall–Kier alpha value is 8.12. The van der Waals surface area contributed by atoms with Gasteiger partial charge in [0.2, 0.25) is 0 Å². The minimum Gasteiger partial charge on any atom is -0.384 e. The van der Waals surface area contributed by atoms with E-state index in [4.69, 9.17) is 0 Å². The van der Waals surface area contributed by atoms with E-state index in [1.807, 2.05) is 166 Å². The standard InChI is InChI=1S/2C12H25NO.2C11H23NO.3C10H21NO.C9H19NO.C8H17NO.9Dy/c1-7-8-12(14,9(2)3)11(6)13-10(4)5;1-6-8-12(14,9-7-2)11(5)13-10(3)4;1-6-8-11(13,9(3)4)10(5)12-7-2;1-5-8-11(13,9-6-2)10(4)12-7-3;1-6-7-10(12,8(2)3)9(4)11-5;1-6-7-10(5,12)9(4)11-8(2)3;1-5-7-10(12,8-6-2)9(3)11-4;1-5-7-9(4,11)8(3)10-6-2;1-5-6-8(3,10)7(2)9-4;;;;;;;;;/h9-10,14H,7-8H2,1-6H3;10,14H,6-9H2,1-5H3;9,13H,6-8H2,1-5H3;13H,5-9H2,1-4H3;2*8,12H,6-7H2,1-5H3;12H,5-8H2,1-4H3;11H,5-7H2,1-4H3;10H,5-6H2,1-4H3;;;;;;;;;. The van der Waals surface area contributed by atoms with Gasteiger partial charge in [-0.15, -0.1) is 0 Å². The Morgan fingerprint density at radius 3 is 0.625 bits per heavy atom. The molecule has 120 heavy (non-hydrogen) atoms. The SMILES string of the molecule is CCCC(C)(O)C(C)=NC.CCCC(C)(O)C(C)=NC(C)C.CCCC(C)(O)C(C)=NCC.CCCC(O)(C(C)=NC(C)C)C(C)C.CCCC(O)(C(C)=NC)C(C)C.CCCC(O)(C(C)=NCC)C(C)C.CCCC(O)(CCC)C(C)=NC.CCCC(O)(CCC)C(C)=NC(C)C.CCCC(O)(CCC)C(C)=NCC.[Dy].[Dy].[Dy].[Dy].[Dy].[Dy].[Dy].[Dy].[Dy]. The second kappa shape index (κ2) is 98.7. The van der Waals surface area contributed by atoms with E-state index in [1.165, 1.54) is 0 Å². The maximum atomic E-state index is 10.5. The van der Waals surface area contributed by atoms with Crippen molar-refractivity contribution in [3.8, 4) is 0 Å². The molecule has 0 amide bonds. The summed E-state index contributed by atoms with van der Waals surface area (Å²) >= 11 is 0. The molecular formula is C93H195Dy9N9O9. The average Bonchev–Trinajstić information content (AvgIpc) is 0.837. The molecule has 0 aromatic heterocycles. The van der Waals surface area contributed by atoms with Gasteiger partial charge in [-0.05, 0) is 240 Å². The third-order valence-electron chi connectivity index (χ3n) is 20.7. The van der Waals surface area contributed by atoms with E-state index in [9.17, 15) is 46.0 Å². The first-order chi connectivity index (χ1) is 51.0. The molecule has 0 aromatic rings. The van der Waals surface area contributed by atoms with Crippen LogP contribution in [-0.2, 0) is 0 Å². The van der Waals surface area contributed by atoms with Gasteiger partial charge >= 0.3 is 0 Å². The van der Waals surface area contributed by atoms with E-state index in [-0.39, 0.29) is 379 Å². The monoisotopic (exact) mass is 3060 g/mol. The Morgan fingerprint density at radius 2 is 0.400 bits per heavy atom. The molecule has 18 nitrogen and oxygen atoms in total. The quantitative estimate of drug-likeness (QED) is 0.0262. The van der Waals surface area contributed by atoms with Crippen LogP contribution in [0, 0.1) is 361 Å². The van der Waals surface area contributed by atoms with Crippen LogP contribution in [0.1, 0.15) is 424 Å². The second-order valence-electron chi connectivity index (χ2n) is 33.2. The summed E-state index contributed by atoms with van der Waals surface area (Å²) in [5, 5.41) is 91.2. The average molecular weight is 3050 g/mol. The second-order valence-corrected chi connectivity index (χ2v) is 33.2. The van der Waals surface area contributed by atoms with Crippen LogP contribution in [0.5, 0.6) is 0 Å². The molecule has 0 fully saturated rings. The Labute approximate surface area is 1020 Å². The van der Waals surface area contributed by atoms with Crippen molar-refractivity contribution in [3.63, 3.8) is 0 Å². The molecule has 6 unspecified atom stereocenters. The fourth-order valence-corrected chi connectivity index (χ4v) is 13.1. The van der Waals surface area contributed by atoms with Crippen LogP contribution in [0.15, 0.2) is 44.9 Å². The van der Waals surface area contributed by atoms with Crippen LogP contribution < -0.4 is 0 Å². The summed E-state index contributed by atoms with van der Waals surface area (Å²) in [4.78, 5) is 38.1. The van der Waals surface area contributed by atoms with Crippen molar-refractivity contribution in [3.05, 3.63) is 0 Å². The summed E-state index contributed by atoms with van der Waals surface area (Å²) < 4.78 is 0. The maximum Gasteiger partial charge on any atom is 0.104 e. The molecule has 0 aliphatic carbocycles. The predicted octanol–water partition coefficient (Wildman–Crippen LogP) is 22.4. The molecular weight excluding hydrogens is 2850 g/mol. The first-order valence-corrected chi connectivity index (χ1v) is 44.0. The molecule has 0 aromatic carbocycles. The molecule has 9 N–H and O–H groups in total. The summed E-state index contributed by atoms with van der Waals surface area (Å²) in [6.07, 6.45) is 21.7. The number of rotatable bonds is 42. The Bertz CT molecular complexity index is 2570. The molecule has 0 saturated carbocycles. The minimum absolute atomic E-state index is 0. The van der Waals surface area contributed by atoms with Gasteiger partial charge in [-0.25, -0.2) is 0 Å². The largest absolute Gasteiger partial charge is 0.384 e. The van der Waals surface area contributed by atoms with E-state index in [1.54, 1.807) is 28.1 Å². The van der Waals surface area contributed by atoms with Gasteiger partial charge < -0.3 is 46.0 Å². The van der Waals surface area contributed by atoms with Crippen LogP contribution in [0.3, 0.4) is 0 Å². The van der Waals surface area contributed by atoms with Crippen LogP contribution in [0.4, 0.5) is 0 Å². The predicted molar refractivity (Wildman–Crippen MR) is 498 cm³/mol. The molecule has 0 spiro atoms. The summed E-state index contributed by atoms with van der Waals surface area (Å²) in [6, 6.07) is 0.806. The normalized spacial score (nSPS) is 15.2. The summed E-state index contributed by atoms with van der Waals surface area (Å²) in [7, 11) is 5.18. The minimum atomic E-state index is -0.709. The van der Waals surface area contributed by atoms with Gasteiger partial charge in [-0.1, -0.05) is 202 Å². The fourth-order valence-electron chi connectivity index (χ4n) is 13.1. The molecule has 0 saturated heterocycles.